The van der Waals surface area contributed by atoms with Crippen LogP contribution >= 0.6 is 31.9 Å². The average Bonchev–Trinajstić information content (AvgIpc) is 2.48. The second-order valence-corrected chi connectivity index (χ2v) is 4.81. The van der Waals surface area contributed by atoms with Crippen molar-refractivity contribution in [2.24, 2.45) is 0 Å². The molecule has 1 aromatic rings. The van der Waals surface area contributed by atoms with Crippen LogP contribution < -0.4 is 4.74 Å². The number of Topliss-reactive ketones (excluding diaryl/α,β-unsaturated/α-hetero) is 1. The van der Waals surface area contributed by atoms with Crippen molar-refractivity contribution in [2.75, 3.05) is 7.11 Å². The zero-order chi connectivity index (χ0) is 10.3. The van der Waals surface area contributed by atoms with Gasteiger partial charge in [-0.2, -0.15) is 0 Å². The van der Waals surface area contributed by atoms with Crippen molar-refractivity contribution in [1.29, 1.82) is 0 Å². The maximum absolute atomic E-state index is 11.6. The Morgan fingerprint density at radius 2 is 2.07 bits per heavy atom. The zero-order valence-corrected chi connectivity index (χ0v) is 10.7. The number of halogens is 2. The lowest BCUT2D eigenvalue weighted by Crippen LogP contribution is -1.96. The predicted molar refractivity (Wildman–Crippen MR) is 61.0 cm³/mol. The van der Waals surface area contributed by atoms with E-state index in [1.807, 2.05) is 6.07 Å². The Bertz CT molecular complexity index is 413. The Morgan fingerprint density at radius 3 is 2.71 bits per heavy atom. The molecular formula is C10H8Br2O2. The molecule has 1 aliphatic rings. The Kier molecular flexibility index (Phi) is 2.66. The molecule has 0 amide bonds. The molecule has 0 aromatic heterocycles. The lowest BCUT2D eigenvalue weighted by Gasteiger charge is -2.09. The van der Waals surface area contributed by atoms with Crippen molar-refractivity contribution in [3.05, 3.63) is 26.1 Å². The van der Waals surface area contributed by atoms with E-state index in [-0.39, 0.29) is 5.78 Å². The minimum atomic E-state index is 0.192. The summed E-state index contributed by atoms with van der Waals surface area (Å²) in [6.07, 6.45) is 1.43. The monoisotopic (exact) mass is 318 g/mol. The molecule has 74 valence electrons. The first kappa shape index (κ1) is 10.2. The molecule has 4 heteroatoms. The van der Waals surface area contributed by atoms with Gasteiger partial charge in [-0.1, -0.05) is 0 Å². The zero-order valence-electron chi connectivity index (χ0n) is 7.56. The quantitative estimate of drug-likeness (QED) is 0.793. The van der Waals surface area contributed by atoms with Crippen LogP contribution in [-0.4, -0.2) is 12.9 Å². The Hall–Kier alpha value is -0.350. The summed E-state index contributed by atoms with van der Waals surface area (Å²) in [5.74, 6) is 0.886. The Balaban J connectivity index is 2.70. The molecule has 1 aliphatic carbocycles. The summed E-state index contributed by atoms with van der Waals surface area (Å²) in [4.78, 5) is 11.6. The average molecular weight is 320 g/mol. The van der Waals surface area contributed by atoms with E-state index in [1.54, 1.807) is 7.11 Å². The van der Waals surface area contributed by atoms with E-state index in [2.05, 4.69) is 31.9 Å². The van der Waals surface area contributed by atoms with Crippen LogP contribution in [0.25, 0.3) is 0 Å². The highest BCUT2D eigenvalue weighted by Crippen LogP contribution is 2.41. The molecule has 0 N–H and O–H groups in total. The van der Waals surface area contributed by atoms with Crippen LogP contribution in [0, 0.1) is 0 Å². The van der Waals surface area contributed by atoms with Crippen LogP contribution in [-0.2, 0) is 6.42 Å². The number of aryl methyl sites for hydroxylation is 1. The summed E-state index contributed by atoms with van der Waals surface area (Å²) in [5.41, 5.74) is 1.87. The van der Waals surface area contributed by atoms with Gasteiger partial charge in [0.15, 0.2) is 5.78 Å². The van der Waals surface area contributed by atoms with Gasteiger partial charge in [-0.05, 0) is 49.9 Å². The molecule has 0 spiro atoms. The summed E-state index contributed by atoms with van der Waals surface area (Å²) in [7, 11) is 1.59. The smallest absolute Gasteiger partial charge is 0.164 e. The number of ketones is 1. The normalized spacial score (nSPS) is 14.4. The number of benzene rings is 1. The van der Waals surface area contributed by atoms with Crippen molar-refractivity contribution in [1.82, 2.24) is 0 Å². The molecule has 14 heavy (non-hydrogen) atoms. The standard InChI is InChI=1S/C10H8Br2O2/c1-14-10-6(11)4-5-2-3-7(13)8(5)9(10)12/h4H,2-3H2,1H3. The maximum Gasteiger partial charge on any atom is 0.164 e. The van der Waals surface area contributed by atoms with Crippen LogP contribution in [0.4, 0.5) is 0 Å². The van der Waals surface area contributed by atoms with Gasteiger partial charge in [0.2, 0.25) is 0 Å². The molecule has 0 bridgehead atoms. The van der Waals surface area contributed by atoms with Crippen LogP contribution in [0.1, 0.15) is 22.3 Å². The lowest BCUT2D eigenvalue weighted by atomic mass is 10.1. The minimum Gasteiger partial charge on any atom is -0.494 e. The number of ether oxygens (including phenoxy) is 1. The van der Waals surface area contributed by atoms with Crippen LogP contribution in [0.15, 0.2) is 15.0 Å². The van der Waals surface area contributed by atoms with Crippen molar-refractivity contribution in [3.8, 4) is 5.75 Å². The number of carbonyl (C=O) groups is 1. The first-order valence-electron chi connectivity index (χ1n) is 4.23. The van der Waals surface area contributed by atoms with Crippen LogP contribution in [0.2, 0.25) is 0 Å². The molecule has 0 unspecified atom stereocenters. The fourth-order valence-electron chi connectivity index (χ4n) is 1.71. The van der Waals surface area contributed by atoms with E-state index >= 15 is 0 Å². The Labute approximate surface area is 98.9 Å². The van der Waals surface area contributed by atoms with Gasteiger partial charge >= 0.3 is 0 Å². The summed E-state index contributed by atoms with van der Waals surface area (Å²) in [6, 6.07) is 1.96. The third kappa shape index (κ3) is 1.41. The number of hydrogen-bond donors (Lipinski definition) is 0. The molecule has 0 atom stereocenters. The lowest BCUT2D eigenvalue weighted by molar-refractivity contribution is 0.0993. The molecule has 1 aromatic carbocycles. The van der Waals surface area contributed by atoms with Crippen LogP contribution in [0.5, 0.6) is 5.75 Å². The molecule has 2 nitrogen and oxygen atoms in total. The third-order valence-corrected chi connectivity index (χ3v) is 3.71. The fourth-order valence-corrected chi connectivity index (χ4v) is 3.46. The SMILES string of the molecule is COc1c(Br)cc2c(c1Br)C(=O)CC2. The first-order valence-corrected chi connectivity index (χ1v) is 5.81. The van der Waals surface area contributed by atoms with Gasteiger partial charge in [-0.3, -0.25) is 4.79 Å². The van der Waals surface area contributed by atoms with Gasteiger partial charge in [0, 0.05) is 12.0 Å². The van der Waals surface area contributed by atoms with Gasteiger partial charge in [-0.25, -0.2) is 0 Å². The first-order chi connectivity index (χ1) is 6.65. The molecule has 0 fully saturated rings. The number of fused-ring (bicyclic) bond motifs is 1. The summed E-state index contributed by atoms with van der Waals surface area (Å²) in [5, 5.41) is 0. The summed E-state index contributed by atoms with van der Waals surface area (Å²) in [6.45, 7) is 0. The van der Waals surface area contributed by atoms with Crippen molar-refractivity contribution in [2.45, 2.75) is 12.8 Å². The van der Waals surface area contributed by atoms with Gasteiger partial charge in [0.05, 0.1) is 16.1 Å². The second-order valence-electron chi connectivity index (χ2n) is 3.16. The number of rotatable bonds is 1. The molecule has 2 rings (SSSR count). The van der Waals surface area contributed by atoms with Gasteiger partial charge in [0.1, 0.15) is 5.75 Å². The topological polar surface area (TPSA) is 26.3 Å². The van der Waals surface area contributed by atoms with Crippen molar-refractivity contribution >= 4 is 37.6 Å². The van der Waals surface area contributed by atoms with E-state index in [0.717, 1.165) is 26.5 Å². The predicted octanol–water partition coefficient (Wildman–Crippen LogP) is 3.35. The highest BCUT2D eigenvalue weighted by atomic mass is 79.9. The van der Waals surface area contributed by atoms with Crippen molar-refractivity contribution in [3.63, 3.8) is 0 Å². The van der Waals surface area contributed by atoms with Crippen LogP contribution in [0.3, 0.4) is 0 Å². The Morgan fingerprint density at radius 1 is 1.36 bits per heavy atom. The summed E-state index contributed by atoms with van der Waals surface area (Å²) >= 11 is 6.82. The number of carbonyl (C=O) groups excluding carboxylic acids is 1. The highest BCUT2D eigenvalue weighted by molar-refractivity contribution is 9.11. The van der Waals surface area contributed by atoms with Gasteiger partial charge in [-0.15, -0.1) is 0 Å². The minimum absolute atomic E-state index is 0.192. The maximum atomic E-state index is 11.6. The van der Waals surface area contributed by atoms with Gasteiger partial charge < -0.3 is 4.74 Å². The molecule has 0 radical (unpaired) electrons. The summed E-state index contributed by atoms with van der Waals surface area (Å²) < 4.78 is 6.86. The molecule has 0 saturated heterocycles. The van der Waals surface area contributed by atoms with E-state index in [4.69, 9.17) is 4.74 Å². The highest BCUT2D eigenvalue weighted by Gasteiger charge is 2.25. The molecule has 0 saturated carbocycles. The molecular weight excluding hydrogens is 312 g/mol. The van der Waals surface area contributed by atoms with E-state index in [0.29, 0.717) is 12.2 Å². The van der Waals surface area contributed by atoms with Gasteiger partial charge in [0.25, 0.3) is 0 Å². The second kappa shape index (κ2) is 3.66. The van der Waals surface area contributed by atoms with Crippen molar-refractivity contribution < 1.29 is 9.53 Å². The van der Waals surface area contributed by atoms with E-state index < -0.39 is 0 Å². The number of hydrogen-bond acceptors (Lipinski definition) is 2. The fraction of sp³-hybridized carbons (Fsp3) is 0.300. The number of methoxy groups -OCH3 is 1. The third-order valence-electron chi connectivity index (χ3n) is 2.36. The molecule has 0 heterocycles. The molecule has 0 aliphatic heterocycles. The van der Waals surface area contributed by atoms with E-state index in [9.17, 15) is 4.79 Å². The van der Waals surface area contributed by atoms with E-state index in [1.165, 1.54) is 0 Å². The largest absolute Gasteiger partial charge is 0.494 e.